The van der Waals surface area contributed by atoms with E-state index in [9.17, 15) is 0 Å². The zero-order valence-electron chi connectivity index (χ0n) is 12.0. The Morgan fingerprint density at radius 2 is 2.06 bits per heavy atom. The van der Waals surface area contributed by atoms with Crippen LogP contribution in [0.1, 0.15) is 65.0 Å². The zero-order chi connectivity index (χ0) is 12.8. The first-order chi connectivity index (χ1) is 8.08. The molecule has 1 heterocycles. The van der Waals surface area contributed by atoms with Crippen molar-refractivity contribution in [1.82, 2.24) is 9.78 Å². The summed E-state index contributed by atoms with van der Waals surface area (Å²) in [4.78, 5) is 0. The van der Waals surface area contributed by atoms with Crippen molar-refractivity contribution in [3.8, 4) is 0 Å². The van der Waals surface area contributed by atoms with E-state index in [4.69, 9.17) is 0 Å². The third kappa shape index (κ3) is 4.06. The second-order valence-electron chi connectivity index (χ2n) is 5.15. The fourth-order valence-electron chi connectivity index (χ4n) is 2.09. The minimum absolute atomic E-state index is 0.474. The molecule has 3 nitrogen and oxygen atoms in total. The first-order valence-corrected chi connectivity index (χ1v) is 6.88. The first kappa shape index (κ1) is 14.1. The molecule has 0 aliphatic heterocycles. The van der Waals surface area contributed by atoms with Crippen LogP contribution in [0.25, 0.3) is 0 Å². The molecule has 0 radical (unpaired) electrons. The molecule has 0 bridgehead atoms. The van der Waals surface area contributed by atoms with Gasteiger partial charge in [-0.05, 0) is 18.8 Å². The quantitative estimate of drug-likeness (QED) is 0.779. The number of aryl methyl sites for hydroxylation is 1. The number of aromatic nitrogens is 2. The van der Waals surface area contributed by atoms with Crippen molar-refractivity contribution in [2.45, 2.75) is 65.3 Å². The lowest BCUT2D eigenvalue weighted by Gasteiger charge is -2.18. The van der Waals surface area contributed by atoms with E-state index in [-0.39, 0.29) is 0 Å². The molecule has 1 unspecified atom stereocenters. The van der Waals surface area contributed by atoms with E-state index in [0.29, 0.717) is 12.0 Å². The average Bonchev–Trinajstić information content (AvgIpc) is 2.65. The SMILES string of the molecule is CCCCC(CC)Nc1cn(C)nc1C(C)C. The summed E-state index contributed by atoms with van der Waals surface area (Å²) in [7, 11) is 1.99. The van der Waals surface area contributed by atoms with Crippen molar-refractivity contribution in [2.24, 2.45) is 7.05 Å². The monoisotopic (exact) mass is 237 g/mol. The van der Waals surface area contributed by atoms with Gasteiger partial charge in [-0.15, -0.1) is 0 Å². The summed E-state index contributed by atoms with van der Waals surface area (Å²) in [5.41, 5.74) is 2.40. The van der Waals surface area contributed by atoms with E-state index in [1.807, 2.05) is 11.7 Å². The van der Waals surface area contributed by atoms with Gasteiger partial charge in [0.15, 0.2) is 0 Å². The molecular weight excluding hydrogens is 210 g/mol. The number of nitrogens with zero attached hydrogens (tertiary/aromatic N) is 2. The van der Waals surface area contributed by atoms with Crippen LogP contribution in [0.5, 0.6) is 0 Å². The van der Waals surface area contributed by atoms with Gasteiger partial charge in [0, 0.05) is 19.3 Å². The van der Waals surface area contributed by atoms with Gasteiger partial charge >= 0.3 is 0 Å². The van der Waals surface area contributed by atoms with Crippen LogP contribution in [-0.2, 0) is 7.05 Å². The molecule has 98 valence electrons. The van der Waals surface area contributed by atoms with E-state index < -0.39 is 0 Å². The molecule has 0 amide bonds. The number of unbranched alkanes of at least 4 members (excludes halogenated alkanes) is 1. The molecule has 0 aromatic carbocycles. The number of hydrogen-bond donors (Lipinski definition) is 1. The fourth-order valence-corrected chi connectivity index (χ4v) is 2.09. The maximum Gasteiger partial charge on any atom is 0.0881 e. The van der Waals surface area contributed by atoms with E-state index in [0.717, 1.165) is 0 Å². The first-order valence-electron chi connectivity index (χ1n) is 6.88. The predicted octanol–water partition coefficient (Wildman–Crippen LogP) is 3.92. The molecule has 1 aromatic rings. The minimum Gasteiger partial charge on any atom is -0.380 e. The van der Waals surface area contributed by atoms with Crippen LogP contribution in [0, 0.1) is 0 Å². The standard InChI is InChI=1S/C14H27N3/c1-6-8-9-12(7-2)15-13-10-17(5)16-14(13)11(3)4/h10-12,15H,6-9H2,1-5H3. The Hall–Kier alpha value is -0.990. The molecule has 0 aliphatic rings. The minimum atomic E-state index is 0.474. The van der Waals surface area contributed by atoms with Crippen LogP contribution >= 0.6 is 0 Å². The van der Waals surface area contributed by atoms with Gasteiger partial charge in [-0.3, -0.25) is 4.68 Å². The van der Waals surface area contributed by atoms with Crippen LogP contribution in [-0.4, -0.2) is 15.8 Å². The molecule has 1 rings (SSSR count). The Bertz CT molecular complexity index is 328. The Morgan fingerprint density at radius 3 is 2.59 bits per heavy atom. The second kappa shape index (κ2) is 6.67. The Morgan fingerprint density at radius 1 is 1.35 bits per heavy atom. The van der Waals surface area contributed by atoms with Crippen molar-refractivity contribution < 1.29 is 0 Å². The van der Waals surface area contributed by atoms with Gasteiger partial charge in [-0.1, -0.05) is 40.5 Å². The Labute approximate surface area is 106 Å². The molecular formula is C14H27N3. The van der Waals surface area contributed by atoms with Gasteiger partial charge in [0.2, 0.25) is 0 Å². The van der Waals surface area contributed by atoms with Crippen LogP contribution in [0.2, 0.25) is 0 Å². The highest BCUT2D eigenvalue weighted by Crippen LogP contribution is 2.24. The summed E-state index contributed by atoms with van der Waals surface area (Å²) in [6.45, 7) is 8.89. The molecule has 0 aliphatic carbocycles. The molecule has 1 aromatic heterocycles. The molecule has 0 fully saturated rings. The topological polar surface area (TPSA) is 29.9 Å². The second-order valence-corrected chi connectivity index (χ2v) is 5.15. The molecule has 0 spiro atoms. The third-order valence-corrected chi connectivity index (χ3v) is 3.16. The van der Waals surface area contributed by atoms with Crippen molar-refractivity contribution in [3.63, 3.8) is 0 Å². The Kier molecular flexibility index (Phi) is 5.52. The van der Waals surface area contributed by atoms with E-state index >= 15 is 0 Å². The average molecular weight is 237 g/mol. The normalized spacial score (nSPS) is 13.1. The summed E-state index contributed by atoms with van der Waals surface area (Å²) in [6.07, 6.45) is 7.08. The maximum atomic E-state index is 4.53. The van der Waals surface area contributed by atoms with Crippen molar-refractivity contribution in [2.75, 3.05) is 5.32 Å². The maximum absolute atomic E-state index is 4.53. The van der Waals surface area contributed by atoms with E-state index in [2.05, 4.69) is 44.3 Å². The van der Waals surface area contributed by atoms with Gasteiger partial charge < -0.3 is 5.32 Å². The lowest BCUT2D eigenvalue weighted by Crippen LogP contribution is -2.18. The number of nitrogens with one attached hydrogen (secondary N) is 1. The lowest BCUT2D eigenvalue weighted by molar-refractivity contribution is 0.592. The van der Waals surface area contributed by atoms with Gasteiger partial charge in [0.1, 0.15) is 0 Å². The van der Waals surface area contributed by atoms with Crippen LogP contribution in [0.4, 0.5) is 5.69 Å². The van der Waals surface area contributed by atoms with Crippen molar-refractivity contribution in [3.05, 3.63) is 11.9 Å². The molecule has 0 saturated heterocycles. The largest absolute Gasteiger partial charge is 0.380 e. The number of anilines is 1. The fraction of sp³-hybridized carbons (Fsp3) is 0.786. The van der Waals surface area contributed by atoms with Gasteiger partial charge in [0.05, 0.1) is 11.4 Å². The van der Waals surface area contributed by atoms with Gasteiger partial charge in [0.25, 0.3) is 0 Å². The van der Waals surface area contributed by atoms with Crippen LogP contribution in [0.3, 0.4) is 0 Å². The van der Waals surface area contributed by atoms with Crippen LogP contribution < -0.4 is 5.32 Å². The highest BCUT2D eigenvalue weighted by molar-refractivity contribution is 5.48. The number of hydrogen-bond acceptors (Lipinski definition) is 2. The van der Waals surface area contributed by atoms with Gasteiger partial charge in [-0.25, -0.2) is 0 Å². The van der Waals surface area contributed by atoms with E-state index in [1.165, 1.54) is 37.1 Å². The highest BCUT2D eigenvalue weighted by Gasteiger charge is 2.14. The lowest BCUT2D eigenvalue weighted by atomic mass is 10.1. The van der Waals surface area contributed by atoms with E-state index in [1.54, 1.807) is 0 Å². The summed E-state index contributed by atoms with van der Waals surface area (Å²) >= 11 is 0. The Balaban J connectivity index is 2.71. The highest BCUT2D eigenvalue weighted by atomic mass is 15.3. The summed E-state index contributed by atoms with van der Waals surface area (Å²) < 4.78 is 1.91. The molecule has 1 atom stereocenters. The zero-order valence-corrected chi connectivity index (χ0v) is 12.0. The van der Waals surface area contributed by atoms with Crippen LogP contribution in [0.15, 0.2) is 6.20 Å². The summed E-state index contributed by atoms with van der Waals surface area (Å²) in [6, 6.07) is 0.580. The molecule has 17 heavy (non-hydrogen) atoms. The predicted molar refractivity (Wildman–Crippen MR) is 74.5 cm³/mol. The van der Waals surface area contributed by atoms with Crippen molar-refractivity contribution >= 4 is 5.69 Å². The summed E-state index contributed by atoms with van der Waals surface area (Å²) in [5, 5.41) is 8.18. The molecule has 1 N–H and O–H groups in total. The smallest absolute Gasteiger partial charge is 0.0881 e. The third-order valence-electron chi connectivity index (χ3n) is 3.16. The molecule has 0 saturated carbocycles. The van der Waals surface area contributed by atoms with Crippen molar-refractivity contribution in [1.29, 1.82) is 0 Å². The number of rotatable bonds is 7. The summed E-state index contributed by atoms with van der Waals surface area (Å²) in [5.74, 6) is 0.474. The molecule has 3 heteroatoms. The van der Waals surface area contributed by atoms with Gasteiger partial charge in [-0.2, -0.15) is 5.10 Å².